The molecule has 0 atom stereocenters. The van der Waals surface area contributed by atoms with Crippen molar-refractivity contribution in [3.63, 3.8) is 0 Å². The van der Waals surface area contributed by atoms with Gasteiger partial charge >= 0.3 is 5.97 Å². The lowest BCUT2D eigenvalue weighted by atomic mass is 10.1. The summed E-state index contributed by atoms with van der Waals surface area (Å²) in [5.74, 6) is -0.251. The van der Waals surface area contributed by atoms with Crippen molar-refractivity contribution in [2.75, 3.05) is 18.6 Å². The van der Waals surface area contributed by atoms with Gasteiger partial charge in [-0.2, -0.15) is 0 Å². The highest BCUT2D eigenvalue weighted by Gasteiger charge is 2.05. The molecule has 0 heterocycles. The molecule has 1 aromatic rings. The van der Waals surface area contributed by atoms with Gasteiger partial charge < -0.3 is 15.4 Å². The molecule has 0 saturated heterocycles. The smallest absolute Gasteiger partial charge is 0.309 e. The zero-order valence-electron chi connectivity index (χ0n) is 11.1. The summed E-state index contributed by atoms with van der Waals surface area (Å²) in [7, 11) is 1.38. The van der Waals surface area contributed by atoms with Crippen LogP contribution in [0, 0.1) is 0 Å². The summed E-state index contributed by atoms with van der Waals surface area (Å²) in [6.45, 7) is 2.72. The molecular formula is C14H18N2O2S. The highest BCUT2D eigenvalue weighted by molar-refractivity contribution is 7.80. The van der Waals surface area contributed by atoms with Gasteiger partial charge in [0, 0.05) is 12.2 Å². The second-order valence-electron chi connectivity index (χ2n) is 3.86. The summed E-state index contributed by atoms with van der Waals surface area (Å²) in [6, 6.07) is 7.79. The van der Waals surface area contributed by atoms with E-state index in [2.05, 4.69) is 4.74 Å². The van der Waals surface area contributed by atoms with Crippen LogP contribution in [-0.4, -0.2) is 24.7 Å². The fraction of sp³-hybridized carbons (Fsp3) is 0.286. The number of methoxy groups -OCH3 is 1. The van der Waals surface area contributed by atoms with Crippen molar-refractivity contribution in [1.82, 2.24) is 0 Å². The third-order valence-electron chi connectivity index (χ3n) is 2.61. The maximum absolute atomic E-state index is 11.0. The molecule has 0 bridgehead atoms. The second-order valence-corrected chi connectivity index (χ2v) is 4.27. The maximum atomic E-state index is 11.0. The number of nitrogens with zero attached hydrogens (tertiary/aromatic N) is 1. The van der Waals surface area contributed by atoms with E-state index in [4.69, 9.17) is 18.0 Å². The molecule has 1 aromatic carbocycles. The molecule has 0 fully saturated rings. The molecule has 19 heavy (non-hydrogen) atoms. The monoisotopic (exact) mass is 278 g/mol. The number of hydrogen-bond acceptors (Lipinski definition) is 3. The van der Waals surface area contributed by atoms with Gasteiger partial charge in [0.15, 0.2) is 5.11 Å². The molecule has 2 N–H and O–H groups in total. The van der Waals surface area contributed by atoms with Crippen LogP contribution in [0.4, 0.5) is 5.69 Å². The zero-order chi connectivity index (χ0) is 14.3. The Hall–Kier alpha value is -1.88. The molecule has 0 aromatic heterocycles. The van der Waals surface area contributed by atoms with Crippen molar-refractivity contribution in [3.8, 4) is 0 Å². The third-order valence-corrected chi connectivity index (χ3v) is 2.83. The van der Waals surface area contributed by atoms with E-state index in [1.54, 1.807) is 6.08 Å². The number of benzene rings is 1. The molecular weight excluding hydrogens is 260 g/mol. The predicted octanol–water partition coefficient (Wildman–Crippen LogP) is 2.33. The van der Waals surface area contributed by atoms with Crippen molar-refractivity contribution >= 4 is 35.1 Å². The van der Waals surface area contributed by atoms with Gasteiger partial charge in [-0.25, -0.2) is 0 Å². The lowest BCUT2D eigenvalue weighted by Crippen LogP contribution is -2.35. The normalized spacial score (nSPS) is 10.4. The van der Waals surface area contributed by atoms with Gasteiger partial charge in [0.05, 0.1) is 13.5 Å². The molecule has 0 aliphatic rings. The van der Waals surface area contributed by atoms with Gasteiger partial charge in [-0.15, -0.1) is 0 Å². The Bertz CT molecular complexity index is 469. The van der Waals surface area contributed by atoms with Crippen LogP contribution in [0.5, 0.6) is 0 Å². The SMILES string of the molecule is CCN(C(N)=S)c1ccc(C=CCC(=O)OC)cc1. The standard InChI is InChI=1S/C14H18N2O2S/c1-3-16(14(15)19)12-9-7-11(8-10-12)5-4-6-13(17)18-2/h4-5,7-10H,3,6H2,1-2H3,(H2,15,19). The fourth-order valence-corrected chi connectivity index (χ4v) is 1.84. The van der Waals surface area contributed by atoms with Crippen LogP contribution in [0.1, 0.15) is 18.9 Å². The number of carbonyl (C=O) groups is 1. The van der Waals surface area contributed by atoms with E-state index in [9.17, 15) is 4.79 Å². The van der Waals surface area contributed by atoms with Crippen LogP contribution < -0.4 is 10.6 Å². The van der Waals surface area contributed by atoms with E-state index in [0.717, 1.165) is 17.8 Å². The van der Waals surface area contributed by atoms with Gasteiger partial charge in [0.1, 0.15) is 0 Å². The molecule has 5 heteroatoms. The van der Waals surface area contributed by atoms with Crippen molar-refractivity contribution in [2.24, 2.45) is 5.73 Å². The Morgan fingerprint density at radius 1 is 1.42 bits per heavy atom. The Morgan fingerprint density at radius 3 is 2.53 bits per heavy atom. The molecule has 0 saturated carbocycles. The summed E-state index contributed by atoms with van der Waals surface area (Å²) in [5.41, 5.74) is 7.60. The molecule has 0 aliphatic carbocycles. The van der Waals surface area contributed by atoms with E-state index < -0.39 is 0 Å². The van der Waals surface area contributed by atoms with E-state index in [1.165, 1.54) is 7.11 Å². The molecule has 102 valence electrons. The largest absolute Gasteiger partial charge is 0.469 e. The minimum atomic E-state index is -0.251. The highest BCUT2D eigenvalue weighted by atomic mass is 32.1. The van der Waals surface area contributed by atoms with Gasteiger partial charge in [-0.3, -0.25) is 4.79 Å². The quantitative estimate of drug-likeness (QED) is 0.662. The van der Waals surface area contributed by atoms with Crippen LogP contribution in [-0.2, 0) is 9.53 Å². The Balaban J connectivity index is 2.71. The molecule has 0 aliphatic heterocycles. The van der Waals surface area contributed by atoms with Gasteiger partial charge in [-0.1, -0.05) is 24.3 Å². The van der Waals surface area contributed by atoms with Crippen LogP contribution in [0.15, 0.2) is 30.3 Å². The summed E-state index contributed by atoms with van der Waals surface area (Å²) < 4.78 is 4.55. The molecule has 0 unspecified atom stereocenters. The molecule has 4 nitrogen and oxygen atoms in total. The van der Waals surface area contributed by atoms with E-state index >= 15 is 0 Å². The van der Waals surface area contributed by atoms with Crippen LogP contribution in [0.3, 0.4) is 0 Å². The summed E-state index contributed by atoms with van der Waals surface area (Å²) in [6.07, 6.45) is 3.91. The minimum absolute atomic E-state index is 0.251. The minimum Gasteiger partial charge on any atom is -0.469 e. The average Bonchev–Trinajstić information content (AvgIpc) is 2.40. The summed E-state index contributed by atoms with van der Waals surface area (Å²) in [4.78, 5) is 12.8. The Labute approximate surface area is 118 Å². The number of carbonyl (C=O) groups excluding carboxylic acids is 1. The molecule has 1 rings (SSSR count). The topological polar surface area (TPSA) is 55.6 Å². The van der Waals surface area contributed by atoms with Crippen molar-refractivity contribution in [2.45, 2.75) is 13.3 Å². The van der Waals surface area contributed by atoms with E-state index in [1.807, 2.05) is 42.2 Å². The Kier molecular flexibility index (Phi) is 6.02. The van der Waals surface area contributed by atoms with Gasteiger partial charge in [0.25, 0.3) is 0 Å². The molecule has 0 radical (unpaired) electrons. The van der Waals surface area contributed by atoms with Crippen molar-refractivity contribution in [1.29, 1.82) is 0 Å². The first-order valence-electron chi connectivity index (χ1n) is 5.99. The first kappa shape index (κ1) is 15.2. The maximum Gasteiger partial charge on any atom is 0.309 e. The van der Waals surface area contributed by atoms with E-state index in [0.29, 0.717) is 5.11 Å². The van der Waals surface area contributed by atoms with Crippen LogP contribution in [0.2, 0.25) is 0 Å². The molecule has 0 amide bonds. The molecule has 0 spiro atoms. The van der Waals surface area contributed by atoms with Crippen LogP contribution >= 0.6 is 12.2 Å². The summed E-state index contributed by atoms with van der Waals surface area (Å²) in [5, 5.41) is 0.358. The first-order chi connectivity index (χ1) is 9.08. The number of thiocarbonyl (C=S) groups is 1. The fourth-order valence-electron chi connectivity index (χ4n) is 1.61. The van der Waals surface area contributed by atoms with Crippen molar-refractivity contribution < 1.29 is 9.53 Å². The van der Waals surface area contributed by atoms with Gasteiger partial charge in [0.2, 0.25) is 0 Å². The van der Waals surface area contributed by atoms with E-state index in [-0.39, 0.29) is 12.4 Å². The summed E-state index contributed by atoms with van der Waals surface area (Å²) >= 11 is 4.98. The highest BCUT2D eigenvalue weighted by Crippen LogP contribution is 2.16. The second kappa shape index (κ2) is 7.53. The zero-order valence-corrected chi connectivity index (χ0v) is 11.9. The average molecular weight is 278 g/mol. The lowest BCUT2D eigenvalue weighted by molar-refractivity contribution is -0.139. The first-order valence-corrected chi connectivity index (χ1v) is 6.39. The number of rotatable bonds is 5. The van der Waals surface area contributed by atoms with Crippen molar-refractivity contribution in [3.05, 3.63) is 35.9 Å². The number of anilines is 1. The number of ether oxygens (including phenoxy) is 1. The number of hydrogen-bond donors (Lipinski definition) is 1. The third kappa shape index (κ3) is 4.71. The Morgan fingerprint density at radius 2 is 2.05 bits per heavy atom. The lowest BCUT2D eigenvalue weighted by Gasteiger charge is -2.20. The number of nitrogens with two attached hydrogens (primary N) is 1. The van der Waals surface area contributed by atoms with Gasteiger partial charge in [-0.05, 0) is 36.8 Å². The van der Waals surface area contributed by atoms with Crippen LogP contribution in [0.25, 0.3) is 6.08 Å². The predicted molar refractivity (Wildman–Crippen MR) is 81.9 cm³/mol. The number of esters is 1.